The van der Waals surface area contributed by atoms with Crippen molar-refractivity contribution < 1.29 is 9.53 Å². The molecule has 0 radical (unpaired) electrons. The van der Waals surface area contributed by atoms with Gasteiger partial charge in [-0.05, 0) is 61.7 Å². The van der Waals surface area contributed by atoms with Crippen molar-refractivity contribution in [1.29, 1.82) is 5.26 Å². The van der Waals surface area contributed by atoms with E-state index in [2.05, 4.69) is 12.1 Å². The quantitative estimate of drug-likeness (QED) is 0.680. The minimum absolute atomic E-state index is 0.0288. The van der Waals surface area contributed by atoms with Crippen LogP contribution in [-0.2, 0) is 4.74 Å². The van der Waals surface area contributed by atoms with Crippen molar-refractivity contribution in [1.82, 2.24) is 4.98 Å². The number of benzene rings is 2. The second kappa shape index (κ2) is 7.47. The van der Waals surface area contributed by atoms with Gasteiger partial charge < -0.3 is 4.74 Å². The number of fused-ring (bicyclic) bond motifs is 1. The van der Waals surface area contributed by atoms with E-state index in [4.69, 9.17) is 15.0 Å². The average Bonchev–Trinajstić information content (AvgIpc) is 3.34. The van der Waals surface area contributed by atoms with Crippen LogP contribution < -0.4 is 4.90 Å². The van der Waals surface area contributed by atoms with Gasteiger partial charge in [0.15, 0.2) is 5.13 Å². The number of nitriles is 1. The Kier molecular flexibility index (Phi) is 4.88. The number of aryl methyl sites for hydroxylation is 1. The van der Waals surface area contributed by atoms with Crippen LogP contribution in [0.15, 0.2) is 42.5 Å². The molecule has 0 saturated carbocycles. The van der Waals surface area contributed by atoms with Crippen molar-refractivity contribution in [2.75, 3.05) is 18.1 Å². The summed E-state index contributed by atoms with van der Waals surface area (Å²) in [6.45, 7) is 3.27. The number of hydrogen-bond donors (Lipinski definition) is 0. The van der Waals surface area contributed by atoms with Gasteiger partial charge in [0, 0.05) is 12.2 Å². The van der Waals surface area contributed by atoms with Crippen molar-refractivity contribution in [3.05, 3.63) is 59.2 Å². The molecule has 0 bridgehead atoms. The molecule has 1 aromatic heterocycles. The Labute approximate surface area is 161 Å². The van der Waals surface area contributed by atoms with Crippen LogP contribution in [0.3, 0.4) is 0 Å². The van der Waals surface area contributed by atoms with E-state index in [1.165, 1.54) is 16.9 Å². The molecule has 2 heterocycles. The molecule has 5 nitrogen and oxygen atoms in total. The normalized spacial score (nSPS) is 16.4. The molecule has 1 atom stereocenters. The van der Waals surface area contributed by atoms with E-state index in [1.807, 2.05) is 19.1 Å². The van der Waals surface area contributed by atoms with Gasteiger partial charge in [-0.25, -0.2) is 4.98 Å². The lowest BCUT2D eigenvalue weighted by Crippen LogP contribution is -2.37. The Bertz CT molecular complexity index is 1010. The molecule has 0 aliphatic carbocycles. The van der Waals surface area contributed by atoms with Crippen LogP contribution in [0, 0.1) is 18.3 Å². The molecule has 1 aliphatic heterocycles. The number of carbonyl (C=O) groups is 1. The van der Waals surface area contributed by atoms with E-state index >= 15 is 0 Å². The monoisotopic (exact) mass is 377 g/mol. The first-order valence-corrected chi connectivity index (χ1v) is 9.76. The second-order valence-electron chi connectivity index (χ2n) is 6.71. The Morgan fingerprint density at radius 1 is 1.33 bits per heavy atom. The van der Waals surface area contributed by atoms with Crippen molar-refractivity contribution in [2.24, 2.45) is 0 Å². The molecule has 3 aromatic rings. The molecule has 27 heavy (non-hydrogen) atoms. The summed E-state index contributed by atoms with van der Waals surface area (Å²) in [4.78, 5) is 19.6. The van der Waals surface area contributed by atoms with Crippen LogP contribution in [0.25, 0.3) is 10.2 Å². The first kappa shape index (κ1) is 17.7. The number of aromatic nitrogens is 1. The summed E-state index contributed by atoms with van der Waals surface area (Å²) in [6, 6.07) is 14.9. The third-order valence-corrected chi connectivity index (χ3v) is 5.72. The number of carbonyl (C=O) groups excluding carboxylic acids is 1. The Morgan fingerprint density at radius 2 is 2.15 bits per heavy atom. The zero-order valence-corrected chi connectivity index (χ0v) is 15.8. The summed E-state index contributed by atoms with van der Waals surface area (Å²) in [7, 11) is 0. The van der Waals surface area contributed by atoms with Crippen LogP contribution >= 0.6 is 11.3 Å². The van der Waals surface area contributed by atoms with Crippen molar-refractivity contribution in [3.63, 3.8) is 0 Å². The number of nitrogens with zero attached hydrogens (tertiary/aromatic N) is 3. The fraction of sp³-hybridized carbons (Fsp3) is 0.286. The molecule has 1 unspecified atom stereocenters. The lowest BCUT2D eigenvalue weighted by Gasteiger charge is -2.23. The van der Waals surface area contributed by atoms with Gasteiger partial charge in [0.25, 0.3) is 5.91 Å². The maximum atomic E-state index is 13.2. The molecule has 1 amide bonds. The van der Waals surface area contributed by atoms with Crippen molar-refractivity contribution in [2.45, 2.75) is 25.9 Å². The maximum Gasteiger partial charge on any atom is 0.260 e. The highest BCUT2D eigenvalue weighted by Gasteiger charge is 2.27. The number of hydrogen-bond acceptors (Lipinski definition) is 5. The van der Waals surface area contributed by atoms with Crippen LogP contribution in [0.5, 0.6) is 0 Å². The summed E-state index contributed by atoms with van der Waals surface area (Å²) in [5.41, 5.74) is 3.14. The Hall–Kier alpha value is -2.75. The van der Waals surface area contributed by atoms with Gasteiger partial charge in [-0.3, -0.25) is 9.69 Å². The van der Waals surface area contributed by atoms with E-state index in [1.54, 1.807) is 29.2 Å². The standard InChI is InChI=1S/C21H19N3O2S/c1-14-4-9-18-19(11-14)27-21(23-18)24(13-17-3-2-10-26-17)20(25)16-7-5-15(12-22)6-8-16/h4-9,11,17H,2-3,10,13H2,1H3. The largest absolute Gasteiger partial charge is 0.376 e. The molecule has 6 heteroatoms. The van der Waals surface area contributed by atoms with E-state index in [9.17, 15) is 4.79 Å². The summed E-state index contributed by atoms with van der Waals surface area (Å²) in [5.74, 6) is -0.120. The number of amides is 1. The number of thiazole rings is 1. The minimum atomic E-state index is -0.120. The van der Waals surface area contributed by atoms with Crippen molar-refractivity contribution in [3.8, 4) is 6.07 Å². The molecule has 1 saturated heterocycles. The zero-order chi connectivity index (χ0) is 18.8. The van der Waals surface area contributed by atoms with Crippen LogP contribution in [0.4, 0.5) is 5.13 Å². The SMILES string of the molecule is Cc1ccc2nc(N(CC3CCCO3)C(=O)c3ccc(C#N)cc3)sc2c1. The number of rotatable bonds is 4. The molecule has 4 rings (SSSR count). The van der Waals surface area contributed by atoms with Gasteiger partial charge in [0.1, 0.15) is 0 Å². The molecule has 136 valence electrons. The molecule has 2 aromatic carbocycles. The highest BCUT2D eigenvalue weighted by atomic mass is 32.1. The highest BCUT2D eigenvalue weighted by Crippen LogP contribution is 2.31. The highest BCUT2D eigenvalue weighted by molar-refractivity contribution is 7.22. The summed E-state index contributed by atoms with van der Waals surface area (Å²) < 4.78 is 6.83. The Balaban J connectivity index is 1.70. The average molecular weight is 377 g/mol. The molecule has 0 N–H and O–H groups in total. The molecular weight excluding hydrogens is 358 g/mol. The van der Waals surface area contributed by atoms with Gasteiger partial charge in [0.05, 0.1) is 34.5 Å². The number of ether oxygens (including phenoxy) is 1. The predicted molar refractivity (Wildman–Crippen MR) is 106 cm³/mol. The summed E-state index contributed by atoms with van der Waals surface area (Å²) >= 11 is 1.52. The van der Waals surface area contributed by atoms with Gasteiger partial charge in [-0.1, -0.05) is 17.4 Å². The lowest BCUT2D eigenvalue weighted by molar-refractivity contribution is 0.0917. The van der Waals surface area contributed by atoms with Crippen LogP contribution in [0.1, 0.15) is 34.3 Å². The second-order valence-corrected chi connectivity index (χ2v) is 7.72. The fourth-order valence-corrected chi connectivity index (χ4v) is 4.29. The van der Waals surface area contributed by atoms with Crippen LogP contribution in [0.2, 0.25) is 0 Å². The molecule has 0 spiro atoms. The van der Waals surface area contributed by atoms with Gasteiger partial charge in [-0.15, -0.1) is 0 Å². The zero-order valence-electron chi connectivity index (χ0n) is 15.0. The first-order valence-electron chi connectivity index (χ1n) is 8.95. The molecule has 1 aliphatic rings. The van der Waals surface area contributed by atoms with Crippen molar-refractivity contribution >= 4 is 32.6 Å². The molecular formula is C21H19N3O2S. The third-order valence-electron chi connectivity index (χ3n) is 4.68. The van der Waals surface area contributed by atoms with E-state index in [-0.39, 0.29) is 12.0 Å². The minimum Gasteiger partial charge on any atom is -0.376 e. The summed E-state index contributed by atoms with van der Waals surface area (Å²) in [5, 5.41) is 9.66. The van der Waals surface area contributed by atoms with E-state index in [0.29, 0.717) is 22.8 Å². The third kappa shape index (κ3) is 3.70. The maximum absolute atomic E-state index is 13.2. The van der Waals surface area contributed by atoms with Gasteiger partial charge in [-0.2, -0.15) is 5.26 Å². The van der Waals surface area contributed by atoms with E-state index in [0.717, 1.165) is 29.7 Å². The predicted octanol–water partition coefficient (Wildman–Crippen LogP) is 4.30. The number of anilines is 1. The van der Waals surface area contributed by atoms with Crippen LogP contribution in [-0.4, -0.2) is 30.1 Å². The van der Waals surface area contributed by atoms with Gasteiger partial charge in [0.2, 0.25) is 0 Å². The summed E-state index contributed by atoms with van der Waals surface area (Å²) in [6.07, 6.45) is 1.99. The lowest BCUT2D eigenvalue weighted by atomic mass is 10.1. The van der Waals surface area contributed by atoms with Gasteiger partial charge >= 0.3 is 0 Å². The Morgan fingerprint density at radius 3 is 2.85 bits per heavy atom. The molecule has 1 fully saturated rings. The topological polar surface area (TPSA) is 66.2 Å². The fourth-order valence-electron chi connectivity index (χ4n) is 3.22. The first-order chi connectivity index (χ1) is 13.1. The van der Waals surface area contributed by atoms with E-state index < -0.39 is 0 Å². The smallest absolute Gasteiger partial charge is 0.260 e.